The van der Waals surface area contributed by atoms with Crippen molar-refractivity contribution in [2.75, 3.05) is 31.1 Å². The Hall–Kier alpha value is -1.42. The molecule has 0 spiro atoms. The monoisotopic (exact) mass is 336 g/mol. The predicted molar refractivity (Wildman–Crippen MR) is 72.8 cm³/mol. The van der Waals surface area contributed by atoms with E-state index >= 15 is 0 Å². The molecule has 1 aliphatic heterocycles. The molecule has 3 rings (SSSR count). The van der Waals surface area contributed by atoms with Gasteiger partial charge in [0.25, 0.3) is 0 Å². The fourth-order valence-corrected chi connectivity index (χ4v) is 4.25. The number of halogens is 3. The van der Waals surface area contributed by atoms with Crippen molar-refractivity contribution in [3.8, 4) is 0 Å². The Morgan fingerprint density at radius 2 is 1.73 bits per heavy atom. The molecule has 10 heteroatoms. The van der Waals surface area contributed by atoms with Gasteiger partial charge >= 0.3 is 6.18 Å². The van der Waals surface area contributed by atoms with Crippen LogP contribution in [-0.2, 0) is 16.2 Å². The van der Waals surface area contributed by atoms with Crippen LogP contribution in [0.2, 0.25) is 0 Å². The van der Waals surface area contributed by atoms with Gasteiger partial charge in [0.2, 0.25) is 10.0 Å². The summed E-state index contributed by atoms with van der Waals surface area (Å²) < 4.78 is 63.6. The molecule has 0 bridgehead atoms. The van der Waals surface area contributed by atoms with E-state index in [-0.39, 0.29) is 24.2 Å². The van der Waals surface area contributed by atoms with Crippen molar-refractivity contribution in [3.05, 3.63) is 18.1 Å². The molecular weight excluding hydrogens is 321 g/mol. The number of sulfonamides is 1. The van der Waals surface area contributed by atoms with Crippen LogP contribution < -0.4 is 4.90 Å². The first kappa shape index (κ1) is 15.5. The Labute approximate surface area is 126 Å². The lowest BCUT2D eigenvalue weighted by Gasteiger charge is -2.34. The highest BCUT2D eigenvalue weighted by Crippen LogP contribution is 2.32. The van der Waals surface area contributed by atoms with Gasteiger partial charge in [0, 0.05) is 32.2 Å². The summed E-state index contributed by atoms with van der Waals surface area (Å²) in [5.74, 6) is 0.172. The van der Waals surface area contributed by atoms with E-state index in [2.05, 4.69) is 9.97 Å². The topological polar surface area (TPSA) is 66.4 Å². The van der Waals surface area contributed by atoms with Gasteiger partial charge in [-0.15, -0.1) is 0 Å². The van der Waals surface area contributed by atoms with E-state index < -0.39 is 21.9 Å². The van der Waals surface area contributed by atoms with Crippen molar-refractivity contribution in [1.29, 1.82) is 0 Å². The van der Waals surface area contributed by atoms with Crippen LogP contribution in [0.3, 0.4) is 0 Å². The Morgan fingerprint density at radius 1 is 1.09 bits per heavy atom. The fourth-order valence-electron chi connectivity index (χ4n) is 2.42. The lowest BCUT2D eigenvalue weighted by atomic mass is 10.3. The average molecular weight is 336 g/mol. The fraction of sp³-hybridized carbons (Fsp3) is 0.667. The summed E-state index contributed by atoms with van der Waals surface area (Å²) in [6.07, 6.45) is -2.24. The zero-order valence-corrected chi connectivity index (χ0v) is 12.4. The van der Waals surface area contributed by atoms with Crippen LogP contribution in [0.5, 0.6) is 0 Å². The van der Waals surface area contributed by atoms with Crippen LogP contribution in [0.4, 0.5) is 19.0 Å². The van der Waals surface area contributed by atoms with Gasteiger partial charge in [0.05, 0.1) is 5.25 Å². The molecule has 1 aliphatic carbocycles. The highest BCUT2D eigenvalue weighted by molar-refractivity contribution is 7.90. The van der Waals surface area contributed by atoms with Gasteiger partial charge in [-0.3, -0.25) is 0 Å². The van der Waals surface area contributed by atoms with Gasteiger partial charge in [-0.25, -0.2) is 18.4 Å². The first-order valence-corrected chi connectivity index (χ1v) is 8.42. The highest BCUT2D eigenvalue weighted by atomic mass is 32.2. The molecule has 0 amide bonds. The normalized spacial score (nSPS) is 21.1. The van der Waals surface area contributed by atoms with Crippen molar-refractivity contribution in [2.24, 2.45) is 0 Å². The van der Waals surface area contributed by atoms with E-state index in [1.807, 2.05) is 0 Å². The molecule has 1 aromatic rings. The molecule has 22 heavy (non-hydrogen) atoms. The van der Waals surface area contributed by atoms with Gasteiger partial charge in [-0.05, 0) is 12.8 Å². The molecule has 2 fully saturated rings. The maximum absolute atomic E-state index is 12.7. The summed E-state index contributed by atoms with van der Waals surface area (Å²) in [6, 6.07) is 0.894. The molecule has 1 saturated carbocycles. The molecule has 0 atom stereocenters. The Balaban J connectivity index is 1.69. The van der Waals surface area contributed by atoms with Crippen molar-refractivity contribution >= 4 is 15.8 Å². The molecule has 0 N–H and O–H groups in total. The van der Waals surface area contributed by atoms with Gasteiger partial charge in [0.1, 0.15) is 17.8 Å². The lowest BCUT2D eigenvalue weighted by Crippen LogP contribution is -2.49. The van der Waals surface area contributed by atoms with Gasteiger partial charge in [-0.2, -0.15) is 17.5 Å². The largest absolute Gasteiger partial charge is 0.433 e. The van der Waals surface area contributed by atoms with E-state index in [0.717, 1.165) is 12.4 Å². The lowest BCUT2D eigenvalue weighted by molar-refractivity contribution is -0.141. The quantitative estimate of drug-likeness (QED) is 0.827. The number of aromatic nitrogens is 2. The Morgan fingerprint density at radius 3 is 2.27 bits per heavy atom. The standard InChI is InChI=1S/C12H15F3N4O2S/c13-12(14,15)10-7-11(17-8-16-10)18-3-5-19(6-4-18)22(20,21)9-1-2-9/h7-9H,1-6H2. The predicted octanol–water partition coefficient (Wildman–Crippen LogP) is 1.11. The minimum Gasteiger partial charge on any atom is -0.354 e. The molecule has 0 aromatic carbocycles. The molecular formula is C12H15F3N4O2S. The molecule has 122 valence electrons. The second-order valence-corrected chi connectivity index (χ2v) is 7.60. The van der Waals surface area contributed by atoms with Crippen LogP contribution >= 0.6 is 0 Å². The van der Waals surface area contributed by atoms with Crippen LogP contribution in [0.1, 0.15) is 18.5 Å². The zero-order chi connectivity index (χ0) is 16.0. The van der Waals surface area contributed by atoms with E-state index in [4.69, 9.17) is 0 Å². The van der Waals surface area contributed by atoms with Gasteiger partial charge in [-0.1, -0.05) is 0 Å². The molecule has 2 aliphatic rings. The number of hydrogen-bond acceptors (Lipinski definition) is 5. The van der Waals surface area contributed by atoms with E-state index in [1.165, 1.54) is 4.31 Å². The van der Waals surface area contributed by atoms with Gasteiger partial charge in [0.15, 0.2) is 0 Å². The second-order valence-electron chi connectivity index (χ2n) is 5.39. The number of anilines is 1. The SMILES string of the molecule is O=S(=O)(C1CC1)N1CCN(c2cc(C(F)(F)F)ncn2)CC1. The highest BCUT2D eigenvalue weighted by Gasteiger charge is 2.41. The van der Waals surface area contributed by atoms with E-state index in [9.17, 15) is 21.6 Å². The van der Waals surface area contributed by atoms with Gasteiger partial charge < -0.3 is 4.90 Å². The first-order chi connectivity index (χ1) is 10.3. The van der Waals surface area contributed by atoms with Crippen LogP contribution in [0.25, 0.3) is 0 Å². The summed E-state index contributed by atoms with van der Waals surface area (Å²) >= 11 is 0. The first-order valence-electron chi connectivity index (χ1n) is 6.91. The summed E-state index contributed by atoms with van der Waals surface area (Å²) in [5, 5.41) is -0.269. The van der Waals surface area contributed by atoms with E-state index in [1.54, 1.807) is 4.90 Å². The van der Waals surface area contributed by atoms with Crippen molar-refractivity contribution in [3.63, 3.8) is 0 Å². The average Bonchev–Trinajstić information content (AvgIpc) is 3.32. The van der Waals surface area contributed by atoms with Crippen LogP contribution in [0, 0.1) is 0 Å². The molecule has 2 heterocycles. The number of hydrogen-bond donors (Lipinski definition) is 0. The zero-order valence-electron chi connectivity index (χ0n) is 11.6. The summed E-state index contributed by atoms with van der Waals surface area (Å²) in [5.41, 5.74) is -0.995. The molecule has 0 radical (unpaired) electrons. The Bertz CT molecular complexity index is 653. The summed E-state index contributed by atoms with van der Waals surface area (Å²) in [4.78, 5) is 8.73. The third-order valence-corrected chi connectivity index (χ3v) is 6.21. The summed E-state index contributed by atoms with van der Waals surface area (Å²) in [6.45, 7) is 1.18. The number of alkyl halides is 3. The number of nitrogens with zero attached hydrogens (tertiary/aromatic N) is 4. The van der Waals surface area contributed by atoms with Crippen LogP contribution in [-0.4, -0.2) is 54.1 Å². The Kier molecular flexibility index (Phi) is 3.76. The van der Waals surface area contributed by atoms with E-state index in [0.29, 0.717) is 25.9 Å². The van der Waals surface area contributed by atoms with Crippen molar-refractivity contribution < 1.29 is 21.6 Å². The third kappa shape index (κ3) is 3.02. The maximum atomic E-state index is 12.7. The molecule has 0 unspecified atom stereocenters. The molecule has 6 nitrogen and oxygen atoms in total. The molecule has 1 aromatic heterocycles. The minimum atomic E-state index is -4.52. The summed E-state index contributed by atoms with van der Waals surface area (Å²) in [7, 11) is -3.23. The molecule has 1 saturated heterocycles. The smallest absolute Gasteiger partial charge is 0.354 e. The maximum Gasteiger partial charge on any atom is 0.433 e. The van der Waals surface area contributed by atoms with Crippen LogP contribution in [0.15, 0.2) is 12.4 Å². The minimum absolute atomic E-state index is 0.172. The third-order valence-electron chi connectivity index (χ3n) is 3.81. The number of piperazine rings is 1. The number of rotatable bonds is 3. The van der Waals surface area contributed by atoms with Crippen molar-refractivity contribution in [1.82, 2.24) is 14.3 Å². The second kappa shape index (κ2) is 5.34. The van der Waals surface area contributed by atoms with Crippen molar-refractivity contribution in [2.45, 2.75) is 24.3 Å².